The molecule has 0 amide bonds. The Morgan fingerprint density at radius 2 is 1.74 bits per heavy atom. The fourth-order valence-corrected chi connectivity index (χ4v) is 6.52. The highest BCUT2D eigenvalue weighted by Crippen LogP contribution is 2.34. The summed E-state index contributed by atoms with van der Waals surface area (Å²) in [5.41, 5.74) is 0. The third-order valence-corrected chi connectivity index (χ3v) is 8.30. The maximum atomic E-state index is 11.1. The van der Waals surface area contributed by atoms with E-state index in [0.29, 0.717) is 5.92 Å². The molecule has 0 bridgehead atoms. The van der Waals surface area contributed by atoms with E-state index in [1.165, 1.54) is 42.5 Å². The monoisotopic (exact) mass is 272 g/mol. The van der Waals surface area contributed by atoms with Crippen LogP contribution in [0.5, 0.6) is 0 Å². The van der Waals surface area contributed by atoms with E-state index in [1.54, 1.807) is 0 Å². The fourth-order valence-electron chi connectivity index (χ4n) is 3.36. The minimum absolute atomic E-state index is 0.640. The van der Waals surface area contributed by atoms with E-state index in [1.807, 2.05) is 6.08 Å². The van der Waals surface area contributed by atoms with Crippen molar-refractivity contribution in [2.45, 2.75) is 45.2 Å². The molecule has 0 spiro atoms. The van der Waals surface area contributed by atoms with Crippen LogP contribution in [0.15, 0.2) is 41.6 Å². The minimum Gasteiger partial charge on any atom is -0.299 e. The Hall–Kier alpha value is -1.15. The van der Waals surface area contributed by atoms with Crippen LogP contribution in [0.1, 0.15) is 32.1 Å². The van der Waals surface area contributed by atoms with Gasteiger partial charge in [-0.25, -0.2) is 0 Å². The maximum absolute atomic E-state index is 11.1. The molecule has 0 aliphatic heterocycles. The van der Waals surface area contributed by atoms with E-state index in [4.69, 9.17) is 0 Å². The maximum Gasteiger partial charge on any atom is 0.142 e. The number of hydrogen-bond acceptors (Lipinski definition) is 1. The first kappa shape index (κ1) is 14.3. The highest BCUT2D eigenvalue weighted by molar-refractivity contribution is 6.95. The van der Waals surface area contributed by atoms with E-state index < -0.39 is 8.07 Å². The lowest BCUT2D eigenvalue weighted by atomic mass is 9.89. The van der Waals surface area contributed by atoms with Crippen molar-refractivity contribution in [1.82, 2.24) is 0 Å². The highest BCUT2D eigenvalue weighted by Gasteiger charge is 2.33. The van der Waals surface area contributed by atoms with Crippen LogP contribution in [-0.4, -0.2) is 14.4 Å². The molecule has 1 nitrogen and oxygen atoms in total. The molecular formula is C17H24OSi. The van der Waals surface area contributed by atoms with Gasteiger partial charge < -0.3 is 0 Å². The summed E-state index contributed by atoms with van der Waals surface area (Å²) in [4.78, 5) is 11.1. The molecule has 0 aromatic heterocycles. The van der Waals surface area contributed by atoms with Gasteiger partial charge in [0.25, 0.3) is 0 Å². The average Bonchev–Trinajstić information content (AvgIpc) is 2.46. The van der Waals surface area contributed by atoms with Crippen LogP contribution < -0.4 is 5.19 Å². The first-order chi connectivity index (χ1) is 9.16. The standard InChI is InChI=1S/C17H24OSi/c1-19(2,16-11-7-4-8-12-16)17(13-14-18)15-9-5-3-6-10-15/h4,7-8,11-15H,3,5-6,9-10H2,1-2H3/b17-13-. The summed E-state index contributed by atoms with van der Waals surface area (Å²) in [5, 5.41) is 2.89. The van der Waals surface area contributed by atoms with E-state index in [-0.39, 0.29) is 0 Å². The van der Waals surface area contributed by atoms with Gasteiger partial charge in [-0.15, -0.1) is 0 Å². The molecule has 102 valence electrons. The van der Waals surface area contributed by atoms with Gasteiger partial charge in [-0.05, 0) is 24.8 Å². The second kappa shape index (κ2) is 6.33. The van der Waals surface area contributed by atoms with Crippen LogP contribution in [0.2, 0.25) is 13.1 Å². The van der Waals surface area contributed by atoms with Crippen molar-refractivity contribution in [2.75, 3.05) is 0 Å². The molecule has 0 radical (unpaired) electrons. The van der Waals surface area contributed by atoms with Gasteiger partial charge in [0.2, 0.25) is 0 Å². The lowest BCUT2D eigenvalue weighted by Crippen LogP contribution is -2.46. The number of hydrogen-bond donors (Lipinski definition) is 0. The summed E-state index contributed by atoms with van der Waals surface area (Å²) in [5.74, 6) is 0.640. The largest absolute Gasteiger partial charge is 0.299 e. The first-order valence-corrected chi connectivity index (χ1v) is 10.4. The smallest absolute Gasteiger partial charge is 0.142 e. The Morgan fingerprint density at radius 3 is 2.32 bits per heavy atom. The quantitative estimate of drug-likeness (QED) is 0.462. The zero-order chi connectivity index (χ0) is 13.7. The first-order valence-electron chi connectivity index (χ1n) is 7.37. The lowest BCUT2D eigenvalue weighted by Gasteiger charge is -2.34. The Bertz CT molecular complexity index is 442. The molecule has 1 saturated carbocycles. The van der Waals surface area contributed by atoms with Gasteiger partial charge in [-0.2, -0.15) is 0 Å². The van der Waals surface area contributed by atoms with Gasteiger partial charge in [-0.1, -0.05) is 73.1 Å². The second-order valence-corrected chi connectivity index (χ2v) is 10.5. The molecule has 19 heavy (non-hydrogen) atoms. The summed E-state index contributed by atoms with van der Waals surface area (Å²) < 4.78 is 0. The van der Waals surface area contributed by atoms with E-state index in [9.17, 15) is 4.79 Å². The molecule has 0 heterocycles. The SMILES string of the molecule is C[Si](C)(/C(=C\C=O)C1CCCCC1)c1ccccc1. The Morgan fingerprint density at radius 1 is 1.11 bits per heavy atom. The molecule has 1 aromatic rings. The molecular weight excluding hydrogens is 248 g/mol. The molecule has 1 aliphatic rings. The summed E-state index contributed by atoms with van der Waals surface area (Å²) in [6.45, 7) is 4.76. The average molecular weight is 272 g/mol. The predicted molar refractivity (Wildman–Crippen MR) is 84.3 cm³/mol. The number of carbonyl (C=O) groups is 1. The minimum atomic E-state index is -1.69. The van der Waals surface area contributed by atoms with Crippen molar-refractivity contribution in [2.24, 2.45) is 5.92 Å². The van der Waals surface area contributed by atoms with Crippen LogP contribution in [0.3, 0.4) is 0 Å². The van der Waals surface area contributed by atoms with Gasteiger partial charge in [0.15, 0.2) is 0 Å². The second-order valence-electron chi connectivity index (χ2n) is 6.08. The van der Waals surface area contributed by atoms with E-state index in [2.05, 4.69) is 43.4 Å². The van der Waals surface area contributed by atoms with Crippen LogP contribution in [0, 0.1) is 5.92 Å². The molecule has 1 aliphatic carbocycles. The normalized spacial score (nSPS) is 18.3. The Labute approximate surface area is 117 Å². The summed E-state index contributed by atoms with van der Waals surface area (Å²) in [6, 6.07) is 10.8. The molecule has 1 aromatic carbocycles. The molecule has 0 unspecified atom stereocenters. The van der Waals surface area contributed by atoms with Crippen molar-refractivity contribution in [1.29, 1.82) is 0 Å². The fraction of sp³-hybridized carbons (Fsp3) is 0.471. The topological polar surface area (TPSA) is 17.1 Å². The van der Waals surface area contributed by atoms with Crippen molar-refractivity contribution in [3.8, 4) is 0 Å². The third kappa shape index (κ3) is 3.24. The van der Waals surface area contributed by atoms with Crippen molar-refractivity contribution in [3.05, 3.63) is 41.6 Å². The Balaban J connectivity index is 2.32. The van der Waals surface area contributed by atoms with Gasteiger partial charge in [0.1, 0.15) is 14.4 Å². The molecule has 0 N–H and O–H groups in total. The molecule has 0 saturated heterocycles. The Kier molecular flexibility index (Phi) is 4.75. The zero-order valence-electron chi connectivity index (χ0n) is 12.1. The summed E-state index contributed by atoms with van der Waals surface area (Å²) in [6.07, 6.45) is 9.42. The molecule has 1 fully saturated rings. The summed E-state index contributed by atoms with van der Waals surface area (Å²) in [7, 11) is -1.69. The van der Waals surface area contributed by atoms with Crippen LogP contribution in [-0.2, 0) is 4.79 Å². The van der Waals surface area contributed by atoms with Crippen LogP contribution >= 0.6 is 0 Å². The van der Waals surface area contributed by atoms with Crippen molar-refractivity contribution in [3.63, 3.8) is 0 Å². The third-order valence-electron chi connectivity index (χ3n) is 4.51. The van der Waals surface area contributed by atoms with Crippen LogP contribution in [0.25, 0.3) is 0 Å². The van der Waals surface area contributed by atoms with E-state index >= 15 is 0 Å². The predicted octanol–water partition coefficient (Wildman–Crippen LogP) is 3.85. The van der Waals surface area contributed by atoms with Crippen molar-refractivity contribution < 1.29 is 4.79 Å². The number of aldehydes is 1. The van der Waals surface area contributed by atoms with E-state index in [0.717, 1.165) is 6.29 Å². The van der Waals surface area contributed by atoms with Gasteiger partial charge in [0.05, 0.1) is 0 Å². The highest BCUT2D eigenvalue weighted by atomic mass is 28.3. The molecule has 0 atom stereocenters. The van der Waals surface area contributed by atoms with Crippen molar-refractivity contribution >= 4 is 19.5 Å². The molecule has 2 rings (SSSR count). The number of allylic oxidation sites excluding steroid dienone is 2. The van der Waals surface area contributed by atoms with Gasteiger partial charge >= 0.3 is 0 Å². The van der Waals surface area contributed by atoms with Crippen LogP contribution in [0.4, 0.5) is 0 Å². The van der Waals surface area contributed by atoms with Gasteiger partial charge in [-0.3, -0.25) is 4.79 Å². The number of benzene rings is 1. The lowest BCUT2D eigenvalue weighted by molar-refractivity contribution is -0.104. The summed E-state index contributed by atoms with van der Waals surface area (Å²) >= 11 is 0. The zero-order valence-corrected chi connectivity index (χ0v) is 13.1. The number of carbonyl (C=O) groups excluding carboxylic acids is 1. The van der Waals surface area contributed by atoms with Gasteiger partial charge in [0, 0.05) is 0 Å². The molecule has 2 heteroatoms. The number of rotatable bonds is 4.